The maximum atomic E-state index is 2.49. The predicted octanol–water partition coefficient (Wildman–Crippen LogP) is 6.73. The van der Waals surface area contributed by atoms with Gasteiger partial charge in [0.2, 0.25) is 0 Å². The fourth-order valence-electron chi connectivity index (χ4n) is 5.43. The normalized spacial score (nSPS) is 27.4. The highest BCUT2D eigenvalue weighted by Crippen LogP contribution is 2.59. The van der Waals surface area contributed by atoms with Gasteiger partial charge in [0, 0.05) is 15.1 Å². The van der Waals surface area contributed by atoms with Gasteiger partial charge < -0.3 is 0 Å². The van der Waals surface area contributed by atoms with E-state index in [0.29, 0.717) is 4.75 Å². The molecule has 0 amide bonds. The average molecular weight is 408 g/mol. The van der Waals surface area contributed by atoms with E-state index in [2.05, 4.69) is 97.5 Å². The number of hydrogen-bond donors (Lipinski definition) is 0. The molecule has 3 heteroatoms. The van der Waals surface area contributed by atoms with Crippen molar-refractivity contribution in [2.75, 3.05) is 19.8 Å². The van der Waals surface area contributed by atoms with Gasteiger partial charge in [0.15, 0.2) is 0 Å². The number of hydrogen-bond acceptors (Lipinski definition) is 3. The van der Waals surface area contributed by atoms with Crippen molar-refractivity contribution in [2.45, 2.75) is 49.3 Å². The Morgan fingerprint density at radius 1 is 0.893 bits per heavy atom. The van der Waals surface area contributed by atoms with Crippen LogP contribution in [0.5, 0.6) is 0 Å². The van der Waals surface area contributed by atoms with Crippen LogP contribution in [0.1, 0.15) is 47.3 Å². The lowest BCUT2D eigenvalue weighted by Crippen LogP contribution is -2.47. The average Bonchev–Trinajstić information content (AvgIpc) is 3.10. The summed E-state index contributed by atoms with van der Waals surface area (Å²) in [6, 6.07) is 18.4. The maximum absolute atomic E-state index is 2.49. The van der Waals surface area contributed by atoms with Crippen LogP contribution in [0.2, 0.25) is 0 Å². The summed E-state index contributed by atoms with van der Waals surface area (Å²) in [5.74, 6) is 1.27. The Balaban J connectivity index is 1.52. The van der Waals surface area contributed by atoms with Crippen molar-refractivity contribution in [3.05, 3.63) is 70.1 Å². The SMILES string of the molecule is Cc1ccc(C2(N(C)C)CCC3(CC2)SCCc2c3sc3ccccc23)cc1. The molecule has 2 aliphatic rings. The van der Waals surface area contributed by atoms with Crippen molar-refractivity contribution in [3.8, 4) is 0 Å². The van der Waals surface area contributed by atoms with Gasteiger partial charge in [-0.05, 0) is 81.5 Å². The molecule has 28 heavy (non-hydrogen) atoms. The molecule has 0 saturated heterocycles. The van der Waals surface area contributed by atoms with E-state index in [9.17, 15) is 0 Å². The van der Waals surface area contributed by atoms with E-state index in [1.54, 1.807) is 10.4 Å². The third-order valence-electron chi connectivity index (χ3n) is 7.17. The van der Waals surface area contributed by atoms with E-state index in [1.807, 2.05) is 0 Å². The van der Waals surface area contributed by atoms with Crippen molar-refractivity contribution < 1.29 is 0 Å². The van der Waals surface area contributed by atoms with Gasteiger partial charge in [-0.2, -0.15) is 0 Å². The zero-order chi connectivity index (χ0) is 19.4. The summed E-state index contributed by atoms with van der Waals surface area (Å²) in [7, 11) is 4.55. The highest BCUT2D eigenvalue weighted by Gasteiger charge is 2.48. The third kappa shape index (κ3) is 2.78. The Kier molecular flexibility index (Phi) is 4.61. The summed E-state index contributed by atoms with van der Waals surface area (Å²) in [6.45, 7) is 2.18. The molecule has 1 aliphatic carbocycles. The second-order valence-electron chi connectivity index (χ2n) is 8.79. The van der Waals surface area contributed by atoms with Gasteiger partial charge in [-0.1, -0.05) is 48.0 Å². The second-order valence-corrected chi connectivity index (χ2v) is 11.3. The van der Waals surface area contributed by atoms with Gasteiger partial charge in [0.05, 0.1) is 4.75 Å². The van der Waals surface area contributed by atoms with Gasteiger partial charge in [-0.3, -0.25) is 4.90 Å². The van der Waals surface area contributed by atoms with Gasteiger partial charge in [-0.25, -0.2) is 0 Å². The van der Waals surface area contributed by atoms with E-state index < -0.39 is 0 Å². The Morgan fingerprint density at radius 2 is 1.61 bits per heavy atom. The Labute approximate surface area is 177 Å². The highest BCUT2D eigenvalue weighted by atomic mass is 32.2. The molecule has 1 saturated carbocycles. The van der Waals surface area contributed by atoms with Crippen LogP contribution in [0.4, 0.5) is 0 Å². The van der Waals surface area contributed by atoms with Crippen molar-refractivity contribution in [2.24, 2.45) is 0 Å². The van der Waals surface area contributed by atoms with Gasteiger partial charge in [0.25, 0.3) is 0 Å². The molecule has 1 aliphatic heterocycles. The van der Waals surface area contributed by atoms with E-state index in [-0.39, 0.29) is 5.54 Å². The molecule has 0 radical (unpaired) electrons. The molecular weight excluding hydrogens is 378 g/mol. The zero-order valence-electron chi connectivity index (χ0n) is 17.1. The van der Waals surface area contributed by atoms with Crippen molar-refractivity contribution in [1.82, 2.24) is 4.90 Å². The molecule has 5 rings (SSSR count). The minimum Gasteiger partial charge on any atom is -0.300 e. The number of thiophene rings is 1. The molecule has 2 heterocycles. The minimum absolute atomic E-state index is 0.174. The van der Waals surface area contributed by atoms with E-state index in [0.717, 1.165) is 0 Å². The first-order valence-electron chi connectivity index (χ1n) is 10.4. The zero-order valence-corrected chi connectivity index (χ0v) is 18.8. The molecule has 146 valence electrons. The van der Waals surface area contributed by atoms with Crippen molar-refractivity contribution >= 4 is 33.2 Å². The molecule has 0 N–H and O–H groups in total. The van der Waals surface area contributed by atoms with Gasteiger partial charge in [0.1, 0.15) is 0 Å². The summed E-state index contributed by atoms with van der Waals surface area (Å²) in [5, 5.41) is 1.52. The van der Waals surface area contributed by atoms with Crippen LogP contribution in [-0.2, 0) is 16.7 Å². The lowest BCUT2D eigenvalue weighted by Gasteiger charge is -2.50. The first-order valence-corrected chi connectivity index (χ1v) is 12.2. The molecule has 0 bridgehead atoms. The summed E-state index contributed by atoms with van der Waals surface area (Å²) in [4.78, 5) is 4.19. The fraction of sp³-hybridized carbons (Fsp3) is 0.440. The lowest BCUT2D eigenvalue weighted by molar-refractivity contribution is 0.0852. The number of nitrogens with zero attached hydrogens (tertiary/aromatic N) is 1. The monoisotopic (exact) mass is 407 g/mol. The molecule has 3 aromatic rings. The van der Waals surface area contributed by atoms with Crippen LogP contribution < -0.4 is 0 Å². The van der Waals surface area contributed by atoms with Crippen LogP contribution >= 0.6 is 23.1 Å². The minimum atomic E-state index is 0.174. The lowest BCUT2D eigenvalue weighted by atomic mass is 9.70. The molecule has 2 aromatic carbocycles. The summed E-state index contributed by atoms with van der Waals surface area (Å²) in [6.07, 6.45) is 6.28. The quantitative estimate of drug-likeness (QED) is 0.463. The topological polar surface area (TPSA) is 3.24 Å². The first kappa shape index (κ1) is 18.7. The fourth-order valence-corrected chi connectivity index (χ4v) is 8.56. The van der Waals surface area contributed by atoms with Crippen LogP contribution in [0.15, 0.2) is 48.5 Å². The van der Waals surface area contributed by atoms with Crippen LogP contribution in [-0.4, -0.2) is 24.7 Å². The Hall–Kier alpha value is -1.29. The second kappa shape index (κ2) is 6.90. The molecule has 1 spiro atoms. The van der Waals surface area contributed by atoms with E-state index in [4.69, 9.17) is 0 Å². The summed E-state index contributed by atoms with van der Waals surface area (Å²) < 4.78 is 1.82. The number of rotatable bonds is 2. The van der Waals surface area contributed by atoms with Crippen LogP contribution in [0.25, 0.3) is 10.1 Å². The number of aryl methyl sites for hydroxylation is 2. The summed E-state index contributed by atoms with van der Waals surface area (Å²) >= 11 is 4.32. The standard InChI is InChI=1S/C25H29NS2/c1-18-8-10-19(11-9-18)24(26(2)3)13-15-25(16-14-24)23-21(12-17-27-25)20-6-4-5-7-22(20)28-23/h4-11H,12-17H2,1-3H3. The van der Waals surface area contributed by atoms with E-state index >= 15 is 0 Å². The summed E-state index contributed by atoms with van der Waals surface area (Å²) in [5.41, 5.74) is 4.68. The maximum Gasteiger partial charge on any atom is 0.0506 e. The number of thioether (sulfide) groups is 1. The molecular formula is C25H29NS2. The van der Waals surface area contributed by atoms with E-state index in [1.165, 1.54) is 59.1 Å². The number of benzene rings is 2. The van der Waals surface area contributed by atoms with Gasteiger partial charge in [-0.15, -0.1) is 23.1 Å². The first-order chi connectivity index (χ1) is 13.5. The van der Waals surface area contributed by atoms with Crippen LogP contribution in [0, 0.1) is 6.92 Å². The molecule has 1 nitrogen and oxygen atoms in total. The van der Waals surface area contributed by atoms with Crippen molar-refractivity contribution in [1.29, 1.82) is 0 Å². The van der Waals surface area contributed by atoms with Crippen LogP contribution in [0.3, 0.4) is 0 Å². The molecule has 1 aromatic heterocycles. The Bertz CT molecular complexity index is 991. The van der Waals surface area contributed by atoms with Crippen molar-refractivity contribution in [3.63, 3.8) is 0 Å². The number of fused-ring (bicyclic) bond motifs is 4. The molecule has 1 fully saturated rings. The largest absolute Gasteiger partial charge is 0.300 e. The molecule has 0 unspecified atom stereocenters. The highest BCUT2D eigenvalue weighted by molar-refractivity contribution is 8.00. The predicted molar refractivity (Wildman–Crippen MR) is 125 cm³/mol. The van der Waals surface area contributed by atoms with Gasteiger partial charge >= 0.3 is 0 Å². The smallest absolute Gasteiger partial charge is 0.0506 e. The Morgan fingerprint density at radius 3 is 2.32 bits per heavy atom. The molecule has 0 atom stereocenters. The third-order valence-corrected chi connectivity index (χ3v) is 10.3.